The third kappa shape index (κ3) is 3.60. The molecular formula is C26H31N3O5. The van der Waals surface area contributed by atoms with Crippen molar-refractivity contribution in [3.05, 3.63) is 52.3 Å². The Kier molecular flexibility index (Phi) is 5.72. The van der Waals surface area contributed by atoms with Gasteiger partial charge in [-0.3, -0.25) is 14.5 Å². The van der Waals surface area contributed by atoms with Crippen LogP contribution in [0.3, 0.4) is 0 Å². The highest BCUT2D eigenvalue weighted by atomic mass is 16.5. The Labute approximate surface area is 199 Å². The average Bonchev–Trinajstić information content (AvgIpc) is 3.50. The van der Waals surface area contributed by atoms with Gasteiger partial charge >= 0.3 is 6.03 Å². The minimum absolute atomic E-state index is 0.156. The monoisotopic (exact) mass is 465 g/mol. The third-order valence-electron chi connectivity index (χ3n) is 7.53. The highest BCUT2D eigenvalue weighted by Crippen LogP contribution is 2.41. The summed E-state index contributed by atoms with van der Waals surface area (Å²) >= 11 is 0. The van der Waals surface area contributed by atoms with Gasteiger partial charge in [0.25, 0.3) is 5.91 Å². The van der Waals surface area contributed by atoms with Crippen LogP contribution in [0.2, 0.25) is 0 Å². The van der Waals surface area contributed by atoms with Crippen LogP contribution < -0.4 is 10.1 Å². The van der Waals surface area contributed by atoms with Crippen LogP contribution in [-0.2, 0) is 28.0 Å². The molecule has 8 nitrogen and oxygen atoms in total. The molecule has 3 heterocycles. The van der Waals surface area contributed by atoms with E-state index in [-0.39, 0.29) is 24.3 Å². The number of nitrogens with zero attached hydrogens (tertiary/aromatic N) is 2. The topological polar surface area (TPSA) is 89.9 Å². The smallest absolute Gasteiger partial charge is 0.325 e. The number of hydrogen-bond acceptors (Lipinski definition) is 5. The van der Waals surface area contributed by atoms with Crippen molar-refractivity contribution in [2.75, 3.05) is 20.3 Å². The maximum Gasteiger partial charge on any atom is 0.325 e. The molecule has 0 unspecified atom stereocenters. The quantitative estimate of drug-likeness (QED) is 0.523. The average molecular weight is 466 g/mol. The van der Waals surface area contributed by atoms with Crippen molar-refractivity contribution in [2.45, 2.75) is 64.1 Å². The normalized spacial score (nSPS) is 24.0. The number of ether oxygens (including phenoxy) is 2. The lowest BCUT2D eigenvalue weighted by Crippen LogP contribution is -2.46. The molecule has 8 heteroatoms. The second kappa shape index (κ2) is 8.58. The van der Waals surface area contributed by atoms with Gasteiger partial charge in [0, 0.05) is 30.1 Å². The molecular weight excluding hydrogens is 434 g/mol. The van der Waals surface area contributed by atoms with E-state index < -0.39 is 11.6 Å². The number of aryl methyl sites for hydroxylation is 2. The number of carbonyl (C=O) groups is 3. The van der Waals surface area contributed by atoms with Crippen LogP contribution in [0, 0.1) is 13.8 Å². The number of amides is 3. The number of aromatic nitrogens is 1. The summed E-state index contributed by atoms with van der Waals surface area (Å²) in [6.45, 7) is 5.08. The van der Waals surface area contributed by atoms with E-state index in [0.29, 0.717) is 18.5 Å². The van der Waals surface area contributed by atoms with Gasteiger partial charge in [-0.2, -0.15) is 0 Å². The van der Waals surface area contributed by atoms with E-state index >= 15 is 0 Å². The molecule has 3 amide bonds. The minimum atomic E-state index is -1.12. The third-order valence-corrected chi connectivity index (χ3v) is 7.53. The fraction of sp³-hybridized carbons (Fsp3) is 0.500. The van der Waals surface area contributed by atoms with Gasteiger partial charge < -0.3 is 19.4 Å². The number of fused-ring (bicyclic) bond motifs is 2. The maximum absolute atomic E-state index is 13.6. The van der Waals surface area contributed by atoms with Gasteiger partial charge in [0.05, 0.1) is 19.8 Å². The number of benzene rings is 1. The molecule has 34 heavy (non-hydrogen) atoms. The van der Waals surface area contributed by atoms with Crippen molar-refractivity contribution in [1.29, 1.82) is 0 Å². The number of ketones is 1. The fourth-order valence-electron chi connectivity index (χ4n) is 5.71. The predicted octanol–water partition coefficient (Wildman–Crippen LogP) is 3.26. The summed E-state index contributed by atoms with van der Waals surface area (Å²) in [5, 5.41) is 2.92. The van der Waals surface area contributed by atoms with E-state index in [0.717, 1.165) is 65.5 Å². The summed E-state index contributed by atoms with van der Waals surface area (Å²) < 4.78 is 13.2. The van der Waals surface area contributed by atoms with Crippen LogP contribution in [0.25, 0.3) is 0 Å². The molecule has 2 saturated heterocycles. The zero-order valence-corrected chi connectivity index (χ0v) is 20.0. The lowest BCUT2D eigenvalue weighted by molar-refractivity contribution is -0.131. The van der Waals surface area contributed by atoms with Crippen molar-refractivity contribution in [3.8, 4) is 5.75 Å². The SMILES string of the molecule is COc1ccc2c(c1)CCC[C@]21NC(=O)N(CC(=O)c2cc(C)n(C[C@H]3CCCO3)c2C)C1=O. The highest BCUT2D eigenvalue weighted by molar-refractivity contribution is 6.12. The zero-order valence-electron chi connectivity index (χ0n) is 20.0. The molecule has 2 atom stereocenters. The molecule has 2 aromatic rings. The van der Waals surface area contributed by atoms with Crippen LogP contribution >= 0.6 is 0 Å². The molecule has 1 aromatic carbocycles. The van der Waals surface area contributed by atoms with Crippen molar-refractivity contribution < 1.29 is 23.9 Å². The molecule has 1 aromatic heterocycles. The van der Waals surface area contributed by atoms with E-state index in [1.165, 1.54) is 0 Å². The van der Waals surface area contributed by atoms with E-state index in [1.54, 1.807) is 7.11 Å². The number of Topliss-reactive ketones (excluding diaryl/α,β-unsaturated/α-hetero) is 1. The molecule has 5 rings (SSSR count). The Morgan fingerprint density at radius 1 is 1.24 bits per heavy atom. The van der Waals surface area contributed by atoms with Gasteiger partial charge in [-0.15, -0.1) is 0 Å². The van der Waals surface area contributed by atoms with Gasteiger partial charge in [0.2, 0.25) is 0 Å². The highest BCUT2D eigenvalue weighted by Gasteiger charge is 2.54. The van der Waals surface area contributed by atoms with Crippen LogP contribution in [0.15, 0.2) is 24.3 Å². The van der Waals surface area contributed by atoms with E-state index in [9.17, 15) is 14.4 Å². The van der Waals surface area contributed by atoms with Crippen molar-refractivity contribution in [3.63, 3.8) is 0 Å². The first-order valence-corrected chi connectivity index (χ1v) is 12.0. The number of urea groups is 1. The van der Waals surface area contributed by atoms with Gasteiger partial charge in [-0.05, 0) is 75.3 Å². The maximum atomic E-state index is 13.6. The Morgan fingerprint density at radius 2 is 2.06 bits per heavy atom. The molecule has 1 aliphatic carbocycles. The summed E-state index contributed by atoms with van der Waals surface area (Å²) in [5.41, 5.74) is 3.03. The van der Waals surface area contributed by atoms with Crippen molar-refractivity contribution in [1.82, 2.24) is 14.8 Å². The summed E-state index contributed by atoms with van der Waals surface area (Å²) in [6.07, 6.45) is 4.31. The Morgan fingerprint density at radius 3 is 2.79 bits per heavy atom. The Bertz CT molecular complexity index is 1160. The first kappa shape index (κ1) is 22.7. The van der Waals surface area contributed by atoms with Crippen LogP contribution in [-0.4, -0.2) is 53.6 Å². The molecule has 2 aliphatic heterocycles. The molecule has 3 aliphatic rings. The first-order chi connectivity index (χ1) is 16.3. The standard InChI is InChI=1S/C26H31N3O5/c1-16-12-21(17(2)28(16)14-20-7-5-11-34-20)23(30)15-29-24(31)26(27-25(29)32)10-4-6-18-13-19(33-3)8-9-22(18)26/h8-9,12-13,20H,4-7,10-11,14-15H2,1-3H3,(H,27,32)/t20-,26+/m1/s1. The van der Waals surface area contributed by atoms with Crippen molar-refractivity contribution >= 4 is 17.7 Å². The summed E-state index contributed by atoms with van der Waals surface area (Å²) in [5.74, 6) is 0.126. The van der Waals surface area contributed by atoms with Gasteiger partial charge in [-0.25, -0.2) is 4.79 Å². The lowest BCUT2D eigenvalue weighted by Gasteiger charge is -2.33. The molecule has 0 bridgehead atoms. The summed E-state index contributed by atoms with van der Waals surface area (Å²) in [6, 6.07) is 6.92. The molecule has 1 spiro atoms. The Hall–Kier alpha value is -3.13. The lowest BCUT2D eigenvalue weighted by atomic mass is 9.76. The number of rotatable bonds is 6. The van der Waals surface area contributed by atoms with Gasteiger partial charge in [0.1, 0.15) is 11.3 Å². The number of carbonyl (C=O) groups excluding carboxylic acids is 3. The largest absolute Gasteiger partial charge is 0.497 e. The van der Waals surface area contributed by atoms with Gasteiger partial charge in [-0.1, -0.05) is 6.07 Å². The van der Waals surface area contributed by atoms with Crippen LogP contribution in [0.5, 0.6) is 5.75 Å². The summed E-state index contributed by atoms with van der Waals surface area (Å²) in [4.78, 5) is 40.9. The molecule has 1 N–H and O–H groups in total. The second-order valence-electron chi connectivity index (χ2n) is 9.56. The van der Waals surface area contributed by atoms with Gasteiger partial charge in [0.15, 0.2) is 5.78 Å². The number of methoxy groups -OCH3 is 1. The number of hydrogen-bond donors (Lipinski definition) is 1. The number of imide groups is 1. The molecule has 180 valence electrons. The van der Waals surface area contributed by atoms with E-state index in [2.05, 4.69) is 9.88 Å². The van der Waals surface area contributed by atoms with E-state index in [4.69, 9.17) is 9.47 Å². The second-order valence-corrected chi connectivity index (χ2v) is 9.56. The van der Waals surface area contributed by atoms with Crippen LogP contribution in [0.4, 0.5) is 4.79 Å². The zero-order chi connectivity index (χ0) is 24.0. The molecule has 0 radical (unpaired) electrons. The van der Waals surface area contributed by atoms with Crippen molar-refractivity contribution in [2.24, 2.45) is 0 Å². The predicted molar refractivity (Wildman–Crippen MR) is 125 cm³/mol. The van der Waals surface area contributed by atoms with Crippen LogP contribution in [0.1, 0.15) is 58.6 Å². The Balaban J connectivity index is 1.38. The first-order valence-electron chi connectivity index (χ1n) is 12.0. The fourth-order valence-corrected chi connectivity index (χ4v) is 5.71. The van der Waals surface area contributed by atoms with E-state index in [1.807, 2.05) is 38.1 Å². The summed E-state index contributed by atoms with van der Waals surface area (Å²) in [7, 11) is 1.61. The number of nitrogens with one attached hydrogen (secondary N) is 1. The molecule has 0 saturated carbocycles. The molecule has 2 fully saturated rings. The minimum Gasteiger partial charge on any atom is -0.497 e.